The van der Waals surface area contributed by atoms with Crippen molar-refractivity contribution in [1.29, 1.82) is 0 Å². The van der Waals surface area contributed by atoms with Crippen molar-refractivity contribution in [1.82, 2.24) is 4.40 Å². The van der Waals surface area contributed by atoms with E-state index in [1.54, 1.807) is 23.6 Å². The maximum Gasteiger partial charge on any atom is 0.343 e. The van der Waals surface area contributed by atoms with Gasteiger partial charge in [-0.05, 0) is 79.5 Å². The zero-order valence-electron chi connectivity index (χ0n) is 16.9. The quantitative estimate of drug-likeness (QED) is 0.363. The van der Waals surface area contributed by atoms with Gasteiger partial charge in [0.2, 0.25) is 0 Å². The molecule has 1 aliphatic rings. The molecule has 150 valence electrons. The summed E-state index contributed by atoms with van der Waals surface area (Å²) in [6, 6.07) is 12.2. The summed E-state index contributed by atoms with van der Waals surface area (Å²) in [7, 11) is 0. The summed E-state index contributed by atoms with van der Waals surface area (Å²) in [6.07, 6.45) is 3.95. The van der Waals surface area contributed by atoms with Crippen LogP contribution in [0.5, 0.6) is 0 Å². The minimum absolute atomic E-state index is 0.120. The van der Waals surface area contributed by atoms with Crippen LogP contribution in [-0.4, -0.2) is 17.0 Å². The number of aryl methyl sites for hydroxylation is 1. The Morgan fingerprint density at radius 1 is 1.24 bits per heavy atom. The molecule has 0 saturated heterocycles. The largest absolute Gasteiger partial charge is 0.462 e. The standard InChI is InChI=1S/C24H24BrNO3/c1-4-29-24(28)21-13-20(18-9-10-18)22-14(2)19(11-12-26(22)23(21)27)17-7-5-16(6-8-17)15(3)25/h5-8,11-13,15,18H,4,9-10H2,1-3H3. The highest BCUT2D eigenvalue weighted by Crippen LogP contribution is 2.43. The van der Waals surface area contributed by atoms with Crippen molar-refractivity contribution in [3.8, 4) is 11.1 Å². The molecule has 1 fully saturated rings. The summed E-state index contributed by atoms with van der Waals surface area (Å²) in [5.74, 6) is -0.153. The molecule has 5 heteroatoms. The van der Waals surface area contributed by atoms with Gasteiger partial charge >= 0.3 is 5.97 Å². The smallest absolute Gasteiger partial charge is 0.343 e. The molecular weight excluding hydrogens is 430 g/mol. The molecule has 1 saturated carbocycles. The second-order valence-electron chi connectivity index (χ2n) is 7.62. The van der Waals surface area contributed by atoms with Crippen LogP contribution in [-0.2, 0) is 4.74 Å². The van der Waals surface area contributed by atoms with Crippen molar-refractivity contribution in [3.05, 3.63) is 75.2 Å². The Hall–Kier alpha value is -2.40. The van der Waals surface area contributed by atoms with Crippen molar-refractivity contribution >= 4 is 27.4 Å². The molecule has 2 aromatic heterocycles. The number of nitrogens with zero attached hydrogens (tertiary/aromatic N) is 1. The van der Waals surface area contributed by atoms with Crippen LogP contribution >= 0.6 is 15.9 Å². The number of benzene rings is 1. The molecule has 1 atom stereocenters. The van der Waals surface area contributed by atoms with Crippen LogP contribution in [0.25, 0.3) is 16.6 Å². The van der Waals surface area contributed by atoms with Crippen LogP contribution in [0.4, 0.5) is 0 Å². The van der Waals surface area contributed by atoms with E-state index in [0.717, 1.165) is 40.6 Å². The van der Waals surface area contributed by atoms with Gasteiger partial charge in [0.15, 0.2) is 0 Å². The monoisotopic (exact) mass is 453 g/mol. The van der Waals surface area contributed by atoms with Crippen molar-refractivity contribution in [2.45, 2.75) is 44.4 Å². The average molecular weight is 454 g/mol. The lowest BCUT2D eigenvalue weighted by molar-refractivity contribution is 0.0524. The third-order valence-corrected chi connectivity index (χ3v) is 6.14. The molecule has 1 aliphatic carbocycles. The van der Waals surface area contributed by atoms with E-state index >= 15 is 0 Å². The predicted molar refractivity (Wildman–Crippen MR) is 119 cm³/mol. The molecular formula is C24H24BrNO3. The van der Waals surface area contributed by atoms with Gasteiger partial charge in [0.05, 0.1) is 12.1 Å². The third-order valence-electron chi connectivity index (χ3n) is 5.61. The molecule has 1 aromatic carbocycles. The molecule has 2 heterocycles. The number of fused-ring (bicyclic) bond motifs is 1. The number of hydrogen-bond acceptors (Lipinski definition) is 3. The summed E-state index contributed by atoms with van der Waals surface area (Å²) < 4.78 is 6.73. The molecule has 1 unspecified atom stereocenters. The Morgan fingerprint density at radius 3 is 2.52 bits per heavy atom. The van der Waals surface area contributed by atoms with E-state index in [1.807, 2.05) is 6.07 Å². The fourth-order valence-corrected chi connectivity index (χ4v) is 4.20. The summed E-state index contributed by atoms with van der Waals surface area (Å²) in [5, 5.41) is 0. The number of aromatic nitrogens is 1. The Morgan fingerprint density at radius 2 is 1.93 bits per heavy atom. The summed E-state index contributed by atoms with van der Waals surface area (Å²) in [5.41, 5.74) is 6.28. The van der Waals surface area contributed by atoms with Gasteiger partial charge in [0.1, 0.15) is 5.56 Å². The zero-order valence-corrected chi connectivity index (χ0v) is 18.5. The fraction of sp³-hybridized carbons (Fsp3) is 0.333. The highest BCUT2D eigenvalue weighted by atomic mass is 79.9. The molecule has 0 bridgehead atoms. The zero-order chi connectivity index (χ0) is 20.7. The first-order valence-electron chi connectivity index (χ1n) is 10.0. The van der Waals surface area contributed by atoms with Crippen molar-refractivity contribution in [3.63, 3.8) is 0 Å². The first kappa shape index (κ1) is 19.9. The van der Waals surface area contributed by atoms with Crippen molar-refractivity contribution in [2.75, 3.05) is 6.61 Å². The second-order valence-corrected chi connectivity index (χ2v) is 9.00. The molecule has 0 amide bonds. The highest BCUT2D eigenvalue weighted by Gasteiger charge is 2.29. The lowest BCUT2D eigenvalue weighted by Gasteiger charge is -2.16. The highest BCUT2D eigenvalue weighted by molar-refractivity contribution is 9.09. The summed E-state index contributed by atoms with van der Waals surface area (Å²) >= 11 is 3.60. The number of rotatable bonds is 5. The van der Waals surface area contributed by atoms with Gasteiger partial charge in [-0.25, -0.2) is 4.79 Å². The van der Waals surface area contributed by atoms with E-state index in [1.165, 1.54) is 5.56 Å². The SMILES string of the molecule is CCOC(=O)c1cc(C2CC2)c2c(C)c(-c3ccc(C(C)Br)cc3)ccn2c1=O. The number of alkyl halides is 1. The van der Waals surface area contributed by atoms with Crippen LogP contribution in [0.1, 0.15) is 64.5 Å². The van der Waals surface area contributed by atoms with Crippen LogP contribution in [0.15, 0.2) is 47.4 Å². The van der Waals surface area contributed by atoms with Gasteiger partial charge in [-0.3, -0.25) is 9.20 Å². The summed E-state index contributed by atoms with van der Waals surface area (Å²) in [4.78, 5) is 25.6. The van der Waals surface area contributed by atoms with Crippen LogP contribution < -0.4 is 5.56 Å². The minimum atomic E-state index is -0.546. The average Bonchev–Trinajstić information content (AvgIpc) is 3.54. The van der Waals surface area contributed by atoms with Crippen molar-refractivity contribution < 1.29 is 9.53 Å². The van der Waals surface area contributed by atoms with E-state index in [9.17, 15) is 9.59 Å². The number of hydrogen-bond donors (Lipinski definition) is 0. The van der Waals surface area contributed by atoms with Gasteiger partial charge in [-0.15, -0.1) is 0 Å². The molecule has 4 rings (SSSR count). The van der Waals surface area contributed by atoms with Gasteiger partial charge in [0, 0.05) is 11.0 Å². The number of halogens is 1. The molecule has 29 heavy (non-hydrogen) atoms. The predicted octanol–water partition coefficient (Wildman–Crippen LogP) is 5.78. The topological polar surface area (TPSA) is 47.8 Å². The van der Waals surface area contributed by atoms with Crippen molar-refractivity contribution in [2.24, 2.45) is 0 Å². The molecule has 0 N–H and O–H groups in total. The van der Waals surface area contributed by atoms with E-state index < -0.39 is 5.97 Å². The molecule has 4 nitrogen and oxygen atoms in total. The van der Waals surface area contributed by atoms with Gasteiger partial charge in [0.25, 0.3) is 5.56 Å². The number of carbonyl (C=O) groups is 1. The molecule has 0 aliphatic heterocycles. The lowest BCUT2D eigenvalue weighted by atomic mass is 9.96. The number of esters is 1. The first-order chi connectivity index (χ1) is 13.9. The lowest BCUT2D eigenvalue weighted by Crippen LogP contribution is -2.25. The van der Waals surface area contributed by atoms with E-state index in [2.05, 4.69) is 54.0 Å². The Labute approximate surface area is 178 Å². The minimum Gasteiger partial charge on any atom is -0.462 e. The molecule has 0 radical (unpaired) electrons. The Kier molecular flexibility index (Phi) is 5.34. The Bertz CT molecular complexity index is 1140. The first-order valence-corrected chi connectivity index (χ1v) is 10.9. The van der Waals surface area contributed by atoms with Gasteiger partial charge in [-0.2, -0.15) is 0 Å². The van der Waals surface area contributed by atoms with Crippen LogP contribution in [0.3, 0.4) is 0 Å². The molecule has 3 aromatic rings. The van der Waals surface area contributed by atoms with E-state index in [4.69, 9.17) is 4.74 Å². The second kappa shape index (κ2) is 7.79. The summed E-state index contributed by atoms with van der Waals surface area (Å²) in [6.45, 7) is 6.16. The maximum atomic E-state index is 13.0. The number of ether oxygens (including phenoxy) is 1. The van der Waals surface area contributed by atoms with Crippen LogP contribution in [0, 0.1) is 6.92 Å². The normalized spacial score (nSPS) is 14.8. The number of carbonyl (C=O) groups excluding carboxylic acids is 1. The van der Waals surface area contributed by atoms with Crippen LogP contribution in [0.2, 0.25) is 0 Å². The Balaban J connectivity index is 1.92. The molecule has 0 spiro atoms. The van der Waals surface area contributed by atoms with Gasteiger partial charge < -0.3 is 4.74 Å². The van der Waals surface area contributed by atoms with E-state index in [-0.39, 0.29) is 17.7 Å². The van der Waals surface area contributed by atoms with E-state index in [0.29, 0.717) is 10.7 Å². The third kappa shape index (κ3) is 3.64. The van der Waals surface area contributed by atoms with Gasteiger partial charge in [-0.1, -0.05) is 40.2 Å². The number of pyridine rings is 2. The fourth-order valence-electron chi connectivity index (χ4n) is 3.90. The maximum absolute atomic E-state index is 13.0.